The second-order valence-electron chi connectivity index (χ2n) is 4.45. The second kappa shape index (κ2) is 6.91. The molecule has 0 aliphatic rings. The predicted molar refractivity (Wildman–Crippen MR) is 88.8 cm³/mol. The molecular weight excluding hydrogens is 354 g/mol. The van der Waals surface area contributed by atoms with Crippen molar-refractivity contribution in [2.45, 2.75) is 13.5 Å². The smallest absolute Gasteiger partial charge is 0.232 e. The van der Waals surface area contributed by atoms with E-state index in [-0.39, 0.29) is 5.75 Å². The molecule has 1 aromatic heterocycles. The Bertz CT molecular complexity index is 702. The van der Waals surface area contributed by atoms with E-state index >= 15 is 0 Å². The number of nitrogens with one attached hydrogen (secondary N) is 2. The van der Waals surface area contributed by atoms with Crippen LogP contribution in [0.5, 0.6) is 0 Å². The van der Waals surface area contributed by atoms with Gasteiger partial charge in [-0.3, -0.25) is 9.71 Å². The summed E-state index contributed by atoms with van der Waals surface area (Å²) in [5.74, 6) is 0.0584. The lowest BCUT2D eigenvalue weighted by molar-refractivity contribution is 0.602. The van der Waals surface area contributed by atoms with Gasteiger partial charge in [0.1, 0.15) is 0 Å². The van der Waals surface area contributed by atoms with Crippen molar-refractivity contribution < 1.29 is 8.42 Å². The molecule has 0 aliphatic carbocycles. The molecule has 0 aliphatic heterocycles. The lowest BCUT2D eigenvalue weighted by Crippen LogP contribution is -2.14. The standard InChI is InChI=1S/C14H16BrN3O2S/c1-2-21(19,20)18-14-5-3-13(4-6-14)17-9-11-7-12(15)10-16-8-11/h3-8,10,17-18H,2,9H2,1H3. The van der Waals surface area contributed by atoms with Crippen molar-refractivity contribution in [2.24, 2.45) is 0 Å². The molecule has 2 rings (SSSR count). The first-order valence-electron chi connectivity index (χ1n) is 6.42. The molecule has 0 radical (unpaired) electrons. The van der Waals surface area contributed by atoms with Crippen LogP contribution in [0.1, 0.15) is 12.5 Å². The number of hydrogen-bond acceptors (Lipinski definition) is 4. The minimum Gasteiger partial charge on any atom is -0.381 e. The zero-order valence-corrected chi connectivity index (χ0v) is 13.9. The van der Waals surface area contributed by atoms with Crippen LogP contribution in [0.2, 0.25) is 0 Å². The summed E-state index contributed by atoms with van der Waals surface area (Å²) in [4.78, 5) is 4.10. The van der Waals surface area contributed by atoms with Gasteiger partial charge in [0.05, 0.1) is 5.75 Å². The van der Waals surface area contributed by atoms with Gasteiger partial charge in [-0.2, -0.15) is 0 Å². The Hall–Kier alpha value is -1.60. The van der Waals surface area contributed by atoms with Crippen molar-refractivity contribution in [3.05, 3.63) is 52.8 Å². The highest BCUT2D eigenvalue weighted by Crippen LogP contribution is 2.16. The molecule has 0 saturated heterocycles. The summed E-state index contributed by atoms with van der Waals surface area (Å²) < 4.78 is 26.4. The molecule has 2 N–H and O–H groups in total. The number of nitrogens with zero attached hydrogens (tertiary/aromatic N) is 1. The summed E-state index contributed by atoms with van der Waals surface area (Å²) in [6, 6.07) is 9.12. The summed E-state index contributed by atoms with van der Waals surface area (Å²) in [5.41, 5.74) is 2.53. The Morgan fingerprint density at radius 2 is 1.81 bits per heavy atom. The number of hydrogen-bond donors (Lipinski definition) is 2. The first kappa shape index (κ1) is 15.8. The number of halogens is 1. The molecule has 1 heterocycles. The third-order valence-electron chi connectivity index (χ3n) is 2.80. The fourth-order valence-corrected chi connectivity index (χ4v) is 2.72. The molecule has 1 aromatic carbocycles. The van der Waals surface area contributed by atoms with E-state index in [9.17, 15) is 8.42 Å². The molecule has 21 heavy (non-hydrogen) atoms. The summed E-state index contributed by atoms with van der Waals surface area (Å²) in [6.45, 7) is 2.25. The molecule has 0 atom stereocenters. The van der Waals surface area contributed by atoms with Crippen LogP contribution in [-0.4, -0.2) is 19.2 Å². The van der Waals surface area contributed by atoms with Gasteiger partial charge in [0, 0.05) is 34.8 Å². The van der Waals surface area contributed by atoms with Crippen LogP contribution in [0.15, 0.2) is 47.2 Å². The Balaban J connectivity index is 1.96. The van der Waals surface area contributed by atoms with Crippen molar-refractivity contribution in [3.63, 3.8) is 0 Å². The third kappa shape index (κ3) is 5.02. The summed E-state index contributed by atoms with van der Waals surface area (Å²) in [5, 5.41) is 3.25. The molecule has 0 amide bonds. The lowest BCUT2D eigenvalue weighted by atomic mass is 10.2. The molecule has 2 aromatic rings. The van der Waals surface area contributed by atoms with Gasteiger partial charge in [0.15, 0.2) is 0 Å². The second-order valence-corrected chi connectivity index (χ2v) is 7.37. The van der Waals surface area contributed by atoms with Crippen LogP contribution in [0.3, 0.4) is 0 Å². The maximum Gasteiger partial charge on any atom is 0.232 e. The normalized spacial score (nSPS) is 11.1. The Labute approximate surface area is 133 Å². The van der Waals surface area contributed by atoms with E-state index in [1.165, 1.54) is 0 Å². The van der Waals surface area contributed by atoms with Crippen LogP contribution in [0.4, 0.5) is 11.4 Å². The van der Waals surface area contributed by atoms with Crippen LogP contribution >= 0.6 is 15.9 Å². The summed E-state index contributed by atoms with van der Waals surface area (Å²) in [6.07, 6.45) is 3.53. The quantitative estimate of drug-likeness (QED) is 0.819. The number of rotatable bonds is 6. The van der Waals surface area contributed by atoms with Gasteiger partial charge < -0.3 is 5.32 Å². The number of sulfonamides is 1. The van der Waals surface area contributed by atoms with Crippen LogP contribution in [0, 0.1) is 0 Å². The van der Waals surface area contributed by atoms with Gasteiger partial charge >= 0.3 is 0 Å². The fourth-order valence-electron chi connectivity index (χ4n) is 1.66. The van der Waals surface area contributed by atoms with Gasteiger partial charge in [-0.25, -0.2) is 8.42 Å². The average Bonchev–Trinajstić information content (AvgIpc) is 2.46. The number of pyridine rings is 1. The maximum atomic E-state index is 11.5. The number of aromatic nitrogens is 1. The zero-order chi connectivity index (χ0) is 15.3. The van der Waals surface area contributed by atoms with Gasteiger partial charge in [-0.05, 0) is 58.7 Å². The van der Waals surface area contributed by atoms with E-state index in [1.807, 2.05) is 18.2 Å². The largest absolute Gasteiger partial charge is 0.381 e. The SMILES string of the molecule is CCS(=O)(=O)Nc1ccc(NCc2cncc(Br)c2)cc1. The minimum absolute atomic E-state index is 0.0584. The molecule has 0 fully saturated rings. The van der Waals surface area contributed by atoms with Crippen molar-refractivity contribution in [3.8, 4) is 0 Å². The van der Waals surface area contributed by atoms with E-state index in [4.69, 9.17) is 0 Å². The Morgan fingerprint density at radius 1 is 1.14 bits per heavy atom. The van der Waals surface area contributed by atoms with Gasteiger partial charge in [-0.15, -0.1) is 0 Å². The van der Waals surface area contributed by atoms with Gasteiger partial charge in [0.2, 0.25) is 10.0 Å². The Kier molecular flexibility index (Phi) is 5.19. The number of benzene rings is 1. The molecule has 7 heteroatoms. The van der Waals surface area contributed by atoms with E-state index in [1.54, 1.807) is 31.5 Å². The fraction of sp³-hybridized carbons (Fsp3) is 0.214. The first-order valence-corrected chi connectivity index (χ1v) is 8.87. The highest BCUT2D eigenvalue weighted by molar-refractivity contribution is 9.10. The average molecular weight is 370 g/mol. The van der Waals surface area contributed by atoms with Crippen LogP contribution < -0.4 is 10.0 Å². The van der Waals surface area contributed by atoms with Gasteiger partial charge in [0.25, 0.3) is 0 Å². The van der Waals surface area contributed by atoms with E-state index in [0.29, 0.717) is 12.2 Å². The summed E-state index contributed by atoms with van der Waals surface area (Å²) >= 11 is 3.38. The molecule has 0 saturated carbocycles. The molecule has 0 unspecified atom stereocenters. The third-order valence-corrected chi connectivity index (χ3v) is 4.54. The molecule has 0 spiro atoms. The minimum atomic E-state index is -3.23. The molecule has 112 valence electrons. The lowest BCUT2D eigenvalue weighted by Gasteiger charge is -2.09. The van der Waals surface area contributed by atoms with Crippen LogP contribution in [0.25, 0.3) is 0 Å². The van der Waals surface area contributed by atoms with Crippen molar-refractivity contribution in [1.82, 2.24) is 4.98 Å². The highest BCUT2D eigenvalue weighted by Gasteiger charge is 2.06. The molecule has 5 nitrogen and oxygen atoms in total. The van der Waals surface area contributed by atoms with E-state index in [0.717, 1.165) is 15.7 Å². The first-order chi connectivity index (χ1) is 9.98. The highest BCUT2D eigenvalue weighted by atomic mass is 79.9. The van der Waals surface area contributed by atoms with E-state index in [2.05, 4.69) is 31.0 Å². The Morgan fingerprint density at radius 3 is 2.43 bits per heavy atom. The topological polar surface area (TPSA) is 71.1 Å². The number of anilines is 2. The van der Waals surface area contributed by atoms with E-state index < -0.39 is 10.0 Å². The predicted octanol–water partition coefficient (Wildman–Crippen LogP) is 3.22. The van der Waals surface area contributed by atoms with Crippen LogP contribution in [-0.2, 0) is 16.6 Å². The van der Waals surface area contributed by atoms with Gasteiger partial charge in [-0.1, -0.05) is 0 Å². The molecular formula is C14H16BrN3O2S. The van der Waals surface area contributed by atoms with Crippen molar-refractivity contribution in [1.29, 1.82) is 0 Å². The monoisotopic (exact) mass is 369 g/mol. The van der Waals surface area contributed by atoms with Crippen molar-refractivity contribution >= 4 is 37.3 Å². The summed E-state index contributed by atoms with van der Waals surface area (Å²) in [7, 11) is -3.23. The molecule has 0 bridgehead atoms. The van der Waals surface area contributed by atoms with Crippen molar-refractivity contribution in [2.75, 3.05) is 15.8 Å². The zero-order valence-electron chi connectivity index (χ0n) is 11.5. The maximum absolute atomic E-state index is 11.5.